The van der Waals surface area contributed by atoms with E-state index in [-0.39, 0.29) is 24.0 Å². The van der Waals surface area contributed by atoms with Crippen molar-refractivity contribution in [3.05, 3.63) is 91.0 Å². The third-order valence-electron chi connectivity index (χ3n) is 6.24. The Morgan fingerprint density at radius 3 is 1.63 bits per heavy atom. The molecular weight excluding hydrogens is 516 g/mol. The first-order valence-corrected chi connectivity index (χ1v) is 13.5. The molecule has 0 spiro atoms. The van der Waals surface area contributed by atoms with Crippen LogP contribution in [0.2, 0.25) is 0 Å². The molecule has 0 unspecified atom stereocenters. The van der Waals surface area contributed by atoms with Crippen LogP contribution < -0.4 is 39.9 Å². The maximum atomic E-state index is 5.27. The topological polar surface area (TPSA) is 12.4 Å². The number of nitrogens with zero attached hydrogens (tertiary/aromatic N) is 1. The van der Waals surface area contributed by atoms with Crippen LogP contribution in [0.5, 0.6) is 0 Å². The molecule has 3 atom stereocenters. The Morgan fingerprint density at radius 1 is 0.800 bits per heavy atom. The summed E-state index contributed by atoms with van der Waals surface area (Å²) in [6.07, 6.45) is 2.44. The van der Waals surface area contributed by atoms with Gasteiger partial charge in [-0.25, -0.2) is 0 Å². The summed E-state index contributed by atoms with van der Waals surface area (Å²) in [5, 5.41) is 5.82. The summed E-state index contributed by atoms with van der Waals surface area (Å²) in [5.41, 5.74) is 0. The normalized spacial score (nSPS) is 22.8. The predicted molar refractivity (Wildman–Crippen MR) is 131 cm³/mol. The van der Waals surface area contributed by atoms with Crippen molar-refractivity contribution in [1.82, 2.24) is 0 Å². The Labute approximate surface area is 202 Å². The highest BCUT2D eigenvalue weighted by Gasteiger charge is 2.49. The molecule has 4 heteroatoms. The van der Waals surface area contributed by atoms with Gasteiger partial charge in [0.2, 0.25) is 0 Å². The van der Waals surface area contributed by atoms with Crippen LogP contribution >= 0.6 is 19.0 Å². The highest BCUT2D eigenvalue weighted by molar-refractivity contribution is 8.14. The second-order valence-electron chi connectivity index (χ2n) is 8.25. The fourth-order valence-corrected chi connectivity index (χ4v) is 10.4. The quantitative estimate of drug-likeness (QED) is 0.343. The van der Waals surface area contributed by atoms with Crippen molar-refractivity contribution in [1.29, 1.82) is 0 Å². The summed E-state index contributed by atoms with van der Waals surface area (Å²) in [6, 6.07) is 34.0. The lowest BCUT2D eigenvalue weighted by molar-refractivity contribution is -0.00000572. The molecule has 154 valence electrons. The van der Waals surface area contributed by atoms with E-state index in [1.165, 1.54) is 27.4 Å². The van der Waals surface area contributed by atoms with Crippen molar-refractivity contribution >= 4 is 40.0 Å². The van der Waals surface area contributed by atoms with Crippen LogP contribution in [0.3, 0.4) is 0 Å². The molecule has 5 rings (SSSR count). The summed E-state index contributed by atoms with van der Waals surface area (Å²) in [4.78, 5) is 5.27. The van der Waals surface area contributed by atoms with Crippen LogP contribution in [0, 0.1) is 11.8 Å². The van der Waals surface area contributed by atoms with E-state index in [4.69, 9.17) is 4.99 Å². The van der Waals surface area contributed by atoms with Gasteiger partial charge in [-0.15, -0.1) is 11.8 Å². The van der Waals surface area contributed by atoms with Crippen LogP contribution in [0.4, 0.5) is 0 Å². The first-order chi connectivity index (χ1) is 14.3. The van der Waals surface area contributed by atoms with Crippen LogP contribution in [0.25, 0.3) is 0 Å². The van der Waals surface area contributed by atoms with Crippen molar-refractivity contribution in [3.8, 4) is 0 Å². The van der Waals surface area contributed by atoms with Crippen LogP contribution in [-0.2, 0) is 0 Å². The molecule has 3 aromatic carbocycles. The minimum absolute atomic E-state index is 0. The van der Waals surface area contributed by atoms with Gasteiger partial charge in [-0.3, -0.25) is 4.99 Å². The average Bonchev–Trinajstić information content (AvgIpc) is 3.34. The maximum Gasteiger partial charge on any atom is 0.114 e. The van der Waals surface area contributed by atoms with Crippen molar-refractivity contribution in [2.24, 2.45) is 16.8 Å². The van der Waals surface area contributed by atoms with E-state index in [0.29, 0.717) is 6.04 Å². The van der Waals surface area contributed by atoms with Crippen LogP contribution in [-0.4, -0.2) is 23.0 Å². The monoisotopic (exact) mass is 543 g/mol. The lowest BCUT2D eigenvalue weighted by Crippen LogP contribution is -3.00. The third-order valence-corrected chi connectivity index (χ3v) is 12.0. The van der Waals surface area contributed by atoms with Gasteiger partial charge in [0.15, 0.2) is 0 Å². The minimum Gasteiger partial charge on any atom is -1.00 e. The molecule has 30 heavy (non-hydrogen) atoms. The van der Waals surface area contributed by atoms with Crippen molar-refractivity contribution in [3.63, 3.8) is 0 Å². The zero-order valence-electron chi connectivity index (χ0n) is 17.2. The average molecular weight is 543 g/mol. The molecule has 0 bridgehead atoms. The van der Waals surface area contributed by atoms with Crippen LogP contribution in [0.15, 0.2) is 96.0 Å². The molecule has 1 fully saturated rings. The van der Waals surface area contributed by atoms with Gasteiger partial charge in [0, 0.05) is 11.7 Å². The van der Waals surface area contributed by atoms with Gasteiger partial charge in [0.05, 0.1) is 17.2 Å². The number of hydrogen-bond donors (Lipinski definition) is 0. The number of aliphatic imine (C=N–C) groups is 1. The van der Waals surface area contributed by atoms with Crippen molar-refractivity contribution in [2.75, 3.05) is 11.9 Å². The summed E-state index contributed by atoms with van der Waals surface area (Å²) in [6.45, 7) is 2.36. The van der Waals surface area contributed by atoms with Crippen molar-refractivity contribution < 1.29 is 24.0 Å². The zero-order valence-corrected chi connectivity index (χ0v) is 21.1. The van der Waals surface area contributed by atoms with E-state index in [1.54, 1.807) is 0 Å². The first kappa shape index (κ1) is 22.0. The second-order valence-corrected chi connectivity index (χ2v) is 12.8. The maximum absolute atomic E-state index is 5.27. The molecule has 1 nitrogen and oxygen atoms in total. The summed E-state index contributed by atoms with van der Waals surface area (Å²) >= 11 is 2.02. The van der Waals surface area contributed by atoms with E-state index < -0.39 is 7.26 Å². The van der Waals surface area contributed by atoms with E-state index in [1.807, 2.05) is 11.8 Å². The van der Waals surface area contributed by atoms with Crippen LogP contribution in [0.1, 0.15) is 13.3 Å². The Bertz CT molecular complexity index is 897. The molecule has 3 aromatic rings. The van der Waals surface area contributed by atoms with E-state index in [2.05, 4.69) is 97.9 Å². The second kappa shape index (κ2) is 9.54. The van der Waals surface area contributed by atoms with E-state index >= 15 is 0 Å². The Kier molecular flexibility index (Phi) is 7.01. The number of benzene rings is 3. The van der Waals surface area contributed by atoms with Gasteiger partial charge >= 0.3 is 0 Å². The lowest BCUT2D eigenvalue weighted by Gasteiger charge is -2.29. The number of thioether (sulfide) groups is 1. The molecular formula is C26H27INPS. The Hall–Kier alpha value is -1.16. The first-order valence-electron chi connectivity index (χ1n) is 10.5. The standard InChI is InChI=1S/C26H27NPS.HI/c1-20-17-25(20)26-27-21(19-29-26)18-28(22-11-5-2-6-12-22,23-13-7-3-8-14-23)24-15-9-4-10-16-24;/h2-16,20-21,25H,17-19H2,1H3;1H/q+1;/p-1/t20-,21+,25+;/m0./s1. The molecule has 1 saturated carbocycles. The third kappa shape index (κ3) is 4.26. The van der Waals surface area contributed by atoms with Gasteiger partial charge in [-0.05, 0) is 48.7 Å². The van der Waals surface area contributed by atoms with Gasteiger partial charge in [0.1, 0.15) is 23.2 Å². The van der Waals surface area contributed by atoms with E-state index in [0.717, 1.165) is 23.8 Å². The number of hydrogen-bond acceptors (Lipinski definition) is 2. The van der Waals surface area contributed by atoms with E-state index in [9.17, 15) is 0 Å². The summed E-state index contributed by atoms with van der Waals surface area (Å²) < 4.78 is 0. The summed E-state index contributed by atoms with van der Waals surface area (Å²) in [7, 11) is -1.77. The fraction of sp³-hybridized carbons (Fsp3) is 0.269. The molecule has 0 N–H and O–H groups in total. The van der Waals surface area contributed by atoms with Gasteiger partial charge in [0.25, 0.3) is 0 Å². The molecule has 1 aliphatic heterocycles. The van der Waals surface area contributed by atoms with Crippen molar-refractivity contribution in [2.45, 2.75) is 19.4 Å². The minimum atomic E-state index is -1.77. The summed E-state index contributed by atoms with van der Waals surface area (Å²) in [5.74, 6) is 2.70. The highest BCUT2D eigenvalue weighted by atomic mass is 127. The molecule has 0 saturated heterocycles. The molecule has 0 amide bonds. The van der Waals surface area contributed by atoms with Gasteiger partial charge in [-0.2, -0.15) is 0 Å². The van der Waals surface area contributed by atoms with Gasteiger partial charge < -0.3 is 24.0 Å². The fourth-order valence-electron chi connectivity index (χ4n) is 4.53. The largest absolute Gasteiger partial charge is 1.00 e. The number of halogens is 1. The molecule has 2 aliphatic rings. The Morgan fingerprint density at radius 2 is 1.23 bits per heavy atom. The smallest absolute Gasteiger partial charge is 0.114 e. The van der Waals surface area contributed by atoms with Gasteiger partial charge in [-0.1, -0.05) is 61.5 Å². The molecule has 1 heterocycles. The highest BCUT2D eigenvalue weighted by Crippen LogP contribution is 2.57. The SMILES string of the molecule is C[C@H]1C[C@H]1C1=N[C@H](C[P+](c2ccccc2)(c2ccccc2)c2ccccc2)CS1.[I-]. The molecule has 0 aromatic heterocycles. The lowest BCUT2D eigenvalue weighted by atomic mass is 10.3. The molecule has 0 radical (unpaired) electrons. The zero-order chi connectivity index (χ0) is 19.7. The predicted octanol–water partition coefficient (Wildman–Crippen LogP) is 2.15. The number of rotatable bonds is 6. The molecule has 1 aliphatic carbocycles. The Balaban J connectivity index is 0.00000218.